The molecule has 6 heteroatoms. The largest absolute Gasteiger partial charge is 0.296 e. The molecule has 1 saturated heterocycles. The van der Waals surface area contributed by atoms with Crippen molar-refractivity contribution in [1.29, 1.82) is 0 Å². The lowest BCUT2D eigenvalue weighted by Crippen LogP contribution is -2.39. The predicted molar refractivity (Wildman–Crippen MR) is 68.0 cm³/mol. The number of rotatable bonds is 1. The summed E-state index contributed by atoms with van der Waals surface area (Å²) < 4.78 is 2.61. The number of fused-ring (bicyclic) bond motifs is 1. The topological polar surface area (TPSA) is 63.5 Å². The number of halogens is 1. The van der Waals surface area contributed by atoms with Crippen LogP contribution in [0.5, 0.6) is 0 Å². The minimum atomic E-state index is -0.249. The summed E-state index contributed by atoms with van der Waals surface area (Å²) in [5.41, 5.74) is 1.84. The SMILES string of the molecule is O=C1CCC(c2ccn3c(Br)ncc3c2)C(=O)N1. The number of imide groups is 1. The molecule has 0 bridgehead atoms. The third-order valence-electron chi connectivity index (χ3n) is 3.15. The standard InChI is InChI=1S/C12H10BrN3O2/c13-12-14-6-8-5-7(3-4-16(8)12)9-1-2-10(17)15-11(9)18/h3-6,9H,1-2H2,(H,15,17,18). The maximum absolute atomic E-state index is 11.8. The molecule has 0 spiro atoms. The Morgan fingerprint density at radius 1 is 1.44 bits per heavy atom. The minimum Gasteiger partial charge on any atom is -0.296 e. The Bertz CT molecular complexity index is 650. The van der Waals surface area contributed by atoms with E-state index in [0.717, 1.165) is 15.8 Å². The van der Waals surface area contributed by atoms with Crippen LogP contribution in [-0.2, 0) is 9.59 Å². The summed E-state index contributed by atoms with van der Waals surface area (Å²) in [7, 11) is 0. The number of nitrogens with zero attached hydrogens (tertiary/aromatic N) is 2. The molecule has 0 radical (unpaired) electrons. The highest BCUT2D eigenvalue weighted by atomic mass is 79.9. The summed E-state index contributed by atoms with van der Waals surface area (Å²) in [5, 5.41) is 2.37. The van der Waals surface area contributed by atoms with Gasteiger partial charge in [-0.15, -0.1) is 0 Å². The van der Waals surface area contributed by atoms with Gasteiger partial charge in [0.25, 0.3) is 0 Å². The average molecular weight is 308 g/mol. The van der Waals surface area contributed by atoms with Crippen LogP contribution in [0.15, 0.2) is 29.3 Å². The van der Waals surface area contributed by atoms with Gasteiger partial charge >= 0.3 is 0 Å². The Hall–Kier alpha value is -1.69. The second-order valence-corrected chi connectivity index (χ2v) is 5.00. The van der Waals surface area contributed by atoms with Crippen molar-refractivity contribution in [3.8, 4) is 0 Å². The van der Waals surface area contributed by atoms with E-state index in [1.54, 1.807) is 6.20 Å². The molecule has 1 unspecified atom stereocenters. The van der Waals surface area contributed by atoms with E-state index in [-0.39, 0.29) is 17.7 Å². The number of carbonyl (C=O) groups is 2. The van der Waals surface area contributed by atoms with Gasteiger partial charge in [-0.05, 0) is 40.0 Å². The number of aromatic nitrogens is 2. The number of pyridine rings is 1. The van der Waals surface area contributed by atoms with Crippen molar-refractivity contribution in [2.75, 3.05) is 0 Å². The molecule has 1 fully saturated rings. The van der Waals surface area contributed by atoms with Gasteiger partial charge in [0.15, 0.2) is 4.73 Å². The van der Waals surface area contributed by atoms with Crippen LogP contribution in [-0.4, -0.2) is 21.2 Å². The Morgan fingerprint density at radius 2 is 2.28 bits per heavy atom. The van der Waals surface area contributed by atoms with Crippen molar-refractivity contribution in [3.63, 3.8) is 0 Å². The molecule has 2 aromatic rings. The van der Waals surface area contributed by atoms with Crippen LogP contribution in [0, 0.1) is 0 Å². The van der Waals surface area contributed by atoms with Crippen molar-refractivity contribution < 1.29 is 9.59 Å². The Balaban J connectivity index is 1.99. The molecule has 0 aliphatic carbocycles. The zero-order valence-corrected chi connectivity index (χ0v) is 11.0. The van der Waals surface area contributed by atoms with E-state index in [9.17, 15) is 9.59 Å². The molecule has 0 aromatic carbocycles. The molecule has 1 atom stereocenters. The second-order valence-electron chi connectivity index (χ2n) is 4.29. The third-order valence-corrected chi connectivity index (χ3v) is 3.74. The number of hydrogen-bond acceptors (Lipinski definition) is 3. The summed E-state index contributed by atoms with van der Waals surface area (Å²) >= 11 is 3.34. The number of nitrogens with one attached hydrogen (secondary N) is 1. The van der Waals surface area contributed by atoms with E-state index in [1.165, 1.54) is 0 Å². The highest BCUT2D eigenvalue weighted by Gasteiger charge is 2.28. The number of imidazole rings is 1. The van der Waals surface area contributed by atoms with Gasteiger partial charge in [0, 0.05) is 12.6 Å². The highest BCUT2D eigenvalue weighted by molar-refractivity contribution is 9.10. The Morgan fingerprint density at radius 3 is 3.06 bits per heavy atom. The molecule has 5 nitrogen and oxygen atoms in total. The lowest BCUT2D eigenvalue weighted by Gasteiger charge is -2.21. The quantitative estimate of drug-likeness (QED) is 0.814. The molecular formula is C12H10BrN3O2. The lowest BCUT2D eigenvalue weighted by atomic mass is 9.91. The first-order valence-corrected chi connectivity index (χ1v) is 6.40. The first-order chi connectivity index (χ1) is 8.65. The van der Waals surface area contributed by atoms with Crippen molar-refractivity contribution in [1.82, 2.24) is 14.7 Å². The van der Waals surface area contributed by atoms with E-state index in [4.69, 9.17) is 0 Å². The average Bonchev–Trinajstić information content (AvgIpc) is 2.71. The van der Waals surface area contributed by atoms with Crippen LogP contribution in [0.4, 0.5) is 0 Å². The minimum absolute atomic E-state index is 0.190. The molecule has 92 valence electrons. The molecule has 18 heavy (non-hydrogen) atoms. The fourth-order valence-corrected chi connectivity index (χ4v) is 2.64. The monoisotopic (exact) mass is 307 g/mol. The van der Waals surface area contributed by atoms with Crippen molar-refractivity contribution in [2.24, 2.45) is 0 Å². The van der Waals surface area contributed by atoms with Crippen LogP contribution < -0.4 is 5.32 Å². The number of piperidine rings is 1. The van der Waals surface area contributed by atoms with E-state index < -0.39 is 0 Å². The first kappa shape index (κ1) is 11.4. The third kappa shape index (κ3) is 1.82. The number of hydrogen-bond donors (Lipinski definition) is 1. The van der Waals surface area contributed by atoms with Crippen LogP contribution in [0.25, 0.3) is 5.52 Å². The summed E-state index contributed by atoms with van der Waals surface area (Å²) in [5.74, 6) is -0.653. The van der Waals surface area contributed by atoms with Crippen LogP contribution in [0.1, 0.15) is 24.3 Å². The van der Waals surface area contributed by atoms with Crippen molar-refractivity contribution in [3.05, 3.63) is 34.8 Å². The molecule has 3 rings (SSSR count). The predicted octanol–water partition coefficient (Wildman–Crippen LogP) is 1.62. The van der Waals surface area contributed by atoms with Crippen LogP contribution >= 0.6 is 15.9 Å². The molecule has 1 aliphatic heterocycles. The summed E-state index contributed by atoms with van der Waals surface area (Å²) in [6.45, 7) is 0. The summed E-state index contributed by atoms with van der Waals surface area (Å²) in [4.78, 5) is 27.0. The van der Waals surface area contributed by atoms with Gasteiger partial charge in [-0.1, -0.05) is 0 Å². The van der Waals surface area contributed by atoms with E-state index >= 15 is 0 Å². The zero-order chi connectivity index (χ0) is 12.7. The van der Waals surface area contributed by atoms with Gasteiger partial charge in [-0.3, -0.25) is 19.3 Å². The van der Waals surface area contributed by atoms with E-state index in [0.29, 0.717) is 12.8 Å². The number of amides is 2. The zero-order valence-electron chi connectivity index (χ0n) is 9.39. The molecule has 0 saturated carbocycles. The molecule has 2 aromatic heterocycles. The fourth-order valence-electron chi connectivity index (χ4n) is 2.21. The van der Waals surface area contributed by atoms with Crippen molar-refractivity contribution in [2.45, 2.75) is 18.8 Å². The summed E-state index contributed by atoms with van der Waals surface area (Å²) in [6.07, 6.45) is 4.56. The van der Waals surface area contributed by atoms with Gasteiger partial charge in [0.2, 0.25) is 11.8 Å². The van der Waals surface area contributed by atoms with Gasteiger partial charge in [0.1, 0.15) is 0 Å². The molecular weight excluding hydrogens is 298 g/mol. The smallest absolute Gasteiger partial charge is 0.234 e. The van der Waals surface area contributed by atoms with Gasteiger partial charge in [0.05, 0.1) is 17.6 Å². The van der Waals surface area contributed by atoms with Crippen molar-refractivity contribution >= 4 is 33.3 Å². The first-order valence-electron chi connectivity index (χ1n) is 5.61. The summed E-state index contributed by atoms with van der Waals surface area (Å²) in [6, 6.07) is 3.82. The number of carbonyl (C=O) groups excluding carboxylic acids is 2. The van der Waals surface area contributed by atoms with E-state index in [2.05, 4.69) is 26.2 Å². The van der Waals surface area contributed by atoms with Gasteiger partial charge in [-0.2, -0.15) is 0 Å². The second kappa shape index (κ2) is 4.20. The maximum atomic E-state index is 11.8. The van der Waals surface area contributed by atoms with Crippen LogP contribution in [0.3, 0.4) is 0 Å². The van der Waals surface area contributed by atoms with Gasteiger partial charge < -0.3 is 0 Å². The normalized spacial score (nSPS) is 20.2. The highest BCUT2D eigenvalue weighted by Crippen LogP contribution is 2.26. The lowest BCUT2D eigenvalue weighted by molar-refractivity contribution is -0.134. The fraction of sp³-hybridized carbons (Fsp3) is 0.250. The molecule has 1 N–H and O–H groups in total. The molecule has 2 amide bonds. The maximum Gasteiger partial charge on any atom is 0.234 e. The Labute approximate surface area is 111 Å². The van der Waals surface area contributed by atoms with Gasteiger partial charge in [-0.25, -0.2) is 4.98 Å². The van der Waals surface area contributed by atoms with E-state index in [1.807, 2.05) is 22.7 Å². The molecule has 1 aliphatic rings. The Kier molecular flexibility index (Phi) is 2.66. The van der Waals surface area contributed by atoms with Crippen LogP contribution in [0.2, 0.25) is 0 Å². The molecule has 3 heterocycles.